The first kappa shape index (κ1) is 18.5. The molecule has 1 saturated heterocycles. The summed E-state index contributed by atoms with van der Waals surface area (Å²) in [6, 6.07) is 4.60. The van der Waals surface area contributed by atoms with E-state index in [1.807, 2.05) is 20.8 Å². The number of amides is 2. The SMILES string of the molecule is CCN(C[C@H]1CCCO1)C(=O)NCc1ccc(OC(C)C)c(F)c1. The van der Waals surface area contributed by atoms with Gasteiger partial charge in [-0.1, -0.05) is 6.07 Å². The Kier molecular flexibility index (Phi) is 6.85. The van der Waals surface area contributed by atoms with E-state index >= 15 is 0 Å². The standard InChI is InChI=1S/C18H27FN2O3/c1-4-21(12-15-6-5-9-23-15)18(22)20-11-14-7-8-17(16(19)10-14)24-13(2)3/h7-8,10,13,15H,4-6,9,11-12H2,1-3H3,(H,20,22)/t15-/m1/s1. The van der Waals surface area contributed by atoms with Gasteiger partial charge < -0.3 is 19.7 Å². The summed E-state index contributed by atoms with van der Waals surface area (Å²) in [6.07, 6.45) is 2.09. The lowest BCUT2D eigenvalue weighted by Gasteiger charge is -2.24. The fraction of sp³-hybridized carbons (Fsp3) is 0.611. The van der Waals surface area contributed by atoms with Gasteiger partial charge in [-0.3, -0.25) is 0 Å². The van der Waals surface area contributed by atoms with Crippen LogP contribution in [0, 0.1) is 5.82 Å². The van der Waals surface area contributed by atoms with E-state index in [-0.39, 0.29) is 30.5 Å². The fourth-order valence-corrected chi connectivity index (χ4v) is 2.68. The van der Waals surface area contributed by atoms with Gasteiger partial charge in [0.1, 0.15) is 0 Å². The minimum atomic E-state index is -0.415. The van der Waals surface area contributed by atoms with Gasteiger partial charge in [0.2, 0.25) is 0 Å². The first-order valence-electron chi connectivity index (χ1n) is 8.59. The monoisotopic (exact) mass is 338 g/mol. The molecule has 1 atom stereocenters. The maximum absolute atomic E-state index is 14.0. The second-order valence-electron chi connectivity index (χ2n) is 6.26. The zero-order valence-corrected chi connectivity index (χ0v) is 14.7. The lowest BCUT2D eigenvalue weighted by atomic mass is 10.2. The van der Waals surface area contributed by atoms with Crippen molar-refractivity contribution in [1.29, 1.82) is 0 Å². The molecule has 1 aliphatic heterocycles. The van der Waals surface area contributed by atoms with E-state index in [4.69, 9.17) is 9.47 Å². The average molecular weight is 338 g/mol. The molecule has 24 heavy (non-hydrogen) atoms. The van der Waals surface area contributed by atoms with Crippen LogP contribution in [0.15, 0.2) is 18.2 Å². The zero-order chi connectivity index (χ0) is 17.5. The Hall–Kier alpha value is -1.82. The Balaban J connectivity index is 1.86. The van der Waals surface area contributed by atoms with Gasteiger partial charge >= 0.3 is 6.03 Å². The van der Waals surface area contributed by atoms with Crippen molar-refractivity contribution in [2.75, 3.05) is 19.7 Å². The number of nitrogens with zero attached hydrogens (tertiary/aromatic N) is 1. The smallest absolute Gasteiger partial charge is 0.317 e. The predicted octanol–water partition coefficient (Wildman–Crippen LogP) is 3.32. The molecule has 0 radical (unpaired) electrons. The first-order valence-corrected chi connectivity index (χ1v) is 8.59. The van der Waals surface area contributed by atoms with Crippen molar-refractivity contribution in [2.45, 2.75) is 52.4 Å². The molecule has 0 aliphatic carbocycles. The average Bonchev–Trinajstić information content (AvgIpc) is 3.05. The molecular weight excluding hydrogens is 311 g/mol. The van der Waals surface area contributed by atoms with Gasteiger partial charge in [0.25, 0.3) is 0 Å². The third-order valence-electron chi connectivity index (χ3n) is 3.92. The molecule has 1 aromatic carbocycles. The largest absolute Gasteiger partial charge is 0.488 e. The number of hydrogen-bond donors (Lipinski definition) is 1. The number of ether oxygens (including phenoxy) is 2. The third-order valence-corrected chi connectivity index (χ3v) is 3.92. The third kappa shape index (κ3) is 5.37. The fourth-order valence-electron chi connectivity index (χ4n) is 2.68. The number of halogens is 1. The minimum absolute atomic E-state index is 0.0824. The van der Waals surface area contributed by atoms with E-state index in [0.29, 0.717) is 18.7 Å². The topological polar surface area (TPSA) is 50.8 Å². The van der Waals surface area contributed by atoms with E-state index in [1.54, 1.807) is 17.0 Å². The normalized spacial score (nSPS) is 17.1. The number of urea groups is 1. The molecule has 0 aromatic heterocycles. The summed E-state index contributed by atoms with van der Waals surface area (Å²) in [5.41, 5.74) is 0.699. The predicted molar refractivity (Wildman–Crippen MR) is 90.6 cm³/mol. The number of benzene rings is 1. The summed E-state index contributed by atoms with van der Waals surface area (Å²) in [4.78, 5) is 14.0. The summed E-state index contributed by atoms with van der Waals surface area (Å²) in [5.74, 6) is -0.184. The molecule has 2 rings (SSSR count). The van der Waals surface area contributed by atoms with Crippen molar-refractivity contribution < 1.29 is 18.7 Å². The Labute approximate surface area is 143 Å². The molecule has 1 aromatic rings. The minimum Gasteiger partial charge on any atom is -0.488 e. The number of nitrogens with one attached hydrogen (secondary N) is 1. The van der Waals surface area contributed by atoms with Crippen LogP contribution in [0.2, 0.25) is 0 Å². The van der Waals surface area contributed by atoms with Crippen LogP contribution in [0.4, 0.5) is 9.18 Å². The van der Waals surface area contributed by atoms with Crippen LogP contribution >= 0.6 is 0 Å². The molecule has 0 spiro atoms. The molecule has 0 bridgehead atoms. The van der Waals surface area contributed by atoms with Crippen molar-refractivity contribution in [1.82, 2.24) is 10.2 Å². The number of hydrogen-bond acceptors (Lipinski definition) is 3. The second-order valence-corrected chi connectivity index (χ2v) is 6.26. The number of likely N-dealkylation sites (N-methyl/N-ethyl adjacent to an activating group) is 1. The van der Waals surface area contributed by atoms with Crippen LogP contribution < -0.4 is 10.1 Å². The number of carbonyl (C=O) groups excluding carboxylic acids is 1. The molecule has 0 unspecified atom stereocenters. The van der Waals surface area contributed by atoms with Crippen molar-refractivity contribution in [2.24, 2.45) is 0 Å². The van der Waals surface area contributed by atoms with Crippen LogP contribution in [0.3, 0.4) is 0 Å². The van der Waals surface area contributed by atoms with Gasteiger partial charge in [-0.2, -0.15) is 0 Å². The van der Waals surface area contributed by atoms with Crippen LogP contribution in [0.5, 0.6) is 5.75 Å². The molecule has 2 amide bonds. The Morgan fingerprint density at radius 1 is 1.50 bits per heavy atom. The van der Waals surface area contributed by atoms with Crippen LogP contribution in [0.1, 0.15) is 39.2 Å². The highest BCUT2D eigenvalue weighted by Gasteiger charge is 2.21. The summed E-state index contributed by atoms with van der Waals surface area (Å²) in [5, 5.41) is 2.84. The lowest BCUT2D eigenvalue weighted by molar-refractivity contribution is 0.0826. The van der Waals surface area contributed by atoms with Gasteiger partial charge in [0.05, 0.1) is 12.2 Å². The highest BCUT2D eigenvalue weighted by molar-refractivity contribution is 5.74. The van der Waals surface area contributed by atoms with Crippen LogP contribution in [-0.4, -0.2) is 42.8 Å². The van der Waals surface area contributed by atoms with Gasteiger partial charge in [-0.25, -0.2) is 9.18 Å². The van der Waals surface area contributed by atoms with Gasteiger partial charge in [-0.05, 0) is 51.3 Å². The highest BCUT2D eigenvalue weighted by Crippen LogP contribution is 2.19. The van der Waals surface area contributed by atoms with Gasteiger partial charge in [-0.15, -0.1) is 0 Å². The summed E-state index contributed by atoms with van der Waals surface area (Å²) >= 11 is 0. The van der Waals surface area contributed by atoms with Crippen molar-refractivity contribution in [3.05, 3.63) is 29.6 Å². The van der Waals surface area contributed by atoms with Gasteiger partial charge in [0, 0.05) is 26.2 Å². The molecule has 6 heteroatoms. The zero-order valence-electron chi connectivity index (χ0n) is 14.7. The number of carbonyl (C=O) groups is 1. The van der Waals surface area contributed by atoms with Crippen LogP contribution in [0.25, 0.3) is 0 Å². The molecule has 0 saturated carbocycles. The maximum atomic E-state index is 14.0. The van der Waals surface area contributed by atoms with E-state index < -0.39 is 5.82 Å². The van der Waals surface area contributed by atoms with Gasteiger partial charge in [0.15, 0.2) is 11.6 Å². The highest BCUT2D eigenvalue weighted by atomic mass is 19.1. The lowest BCUT2D eigenvalue weighted by Crippen LogP contribution is -2.43. The molecule has 1 fully saturated rings. The molecule has 134 valence electrons. The summed E-state index contributed by atoms with van der Waals surface area (Å²) < 4.78 is 24.9. The maximum Gasteiger partial charge on any atom is 0.317 e. The van der Waals surface area contributed by atoms with E-state index in [0.717, 1.165) is 19.4 Å². The van der Waals surface area contributed by atoms with E-state index in [9.17, 15) is 9.18 Å². The Bertz CT molecular complexity index is 545. The number of rotatable bonds is 7. The summed E-state index contributed by atoms with van der Waals surface area (Å²) in [7, 11) is 0. The first-order chi connectivity index (χ1) is 11.5. The molecule has 1 N–H and O–H groups in total. The summed E-state index contributed by atoms with van der Waals surface area (Å²) in [6.45, 7) is 7.89. The molecule has 1 aliphatic rings. The Morgan fingerprint density at radius 3 is 2.88 bits per heavy atom. The van der Waals surface area contributed by atoms with Crippen molar-refractivity contribution in [3.8, 4) is 5.75 Å². The molecule has 5 nitrogen and oxygen atoms in total. The van der Waals surface area contributed by atoms with E-state index in [2.05, 4.69) is 5.32 Å². The Morgan fingerprint density at radius 2 is 2.29 bits per heavy atom. The quantitative estimate of drug-likeness (QED) is 0.830. The van der Waals surface area contributed by atoms with E-state index in [1.165, 1.54) is 6.07 Å². The van der Waals surface area contributed by atoms with Crippen LogP contribution in [-0.2, 0) is 11.3 Å². The van der Waals surface area contributed by atoms with Crippen molar-refractivity contribution >= 4 is 6.03 Å². The molecular formula is C18H27FN2O3. The second kappa shape index (κ2) is 8.87. The van der Waals surface area contributed by atoms with Crippen molar-refractivity contribution in [3.63, 3.8) is 0 Å². The molecule has 1 heterocycles.